The van der Waals surface area contributed by atoms with Gasteiger partial charge in [0.25, 0.3) is 0 Å². The maximum atomic E-state index is 12.0. The van der Waals surface area contributed by atoms with Gasteiger partial charge in [0.2, 0.25) is 0 Å². The monoisotopic (exact) mass is 385 g/mol. The van der Waals surface area contributed by atoms with Crippen LogP contribution in [0.4, 0.5) is 0 Å². The molecule has 1 aliphatic heterocycles. The smallest absolute Gasteiger partial charge is 0.341 e. The Kier molecular flexibility index (Phi) is 5.37. The molecule has 4 rings (SSSR count). The molecule has 1 aromatic carbocycles. The van der Waals surface area contributed by atoms with Crippen molar-refractivity contribution in [2.24, 2.45) is 18.9 Å². The Hall–Kier alpha value is -2.38. The molecule has 2 heterocycles. The van der Waals surface area contributed by atoms with E-state index >= 15 is 0 Å². The number of hydrogen-bond acceptors (Lipinski definition) is 6. The number of aromatic nitrogens is 2. The summed E-state index contributed by atoms with van der Waals surface area (Å²) in [6, 6.07) is 7.05. The number of carbonyl (C=O) groups is 1. The summed E-state index contributed by atoms with van der Waals surface area (Å²) in [7, 11) is 3.28. The van der Waals surface area contributed by atoms with E-state index < -0.39 is 12.1 Å². The van der Waals surface area contributed by atoms with Crippen molar-refractivity contribution < 1.29 is 19.4 Å². The molecule has 0 bridgehead atoms. The van der Waals surface area contributed by atoms with E-state index in [0.29, 0.717) is 23.1 Å². The van der Waals surface area contributed by atoms with E-state index in [1.54, 1.807) is 18.2 Å². The van der Waals surface area contributed by atoms with Crippen molar-refractivity contribution in [3.8, 4) is 5.75 Å². The third-order valence-electron chi connectivity index (χ3n) is 5.90. The van der Waals surface area contributed by atoms with Crippen LogP contribution >= 0.6 is 0 Å². The molecule has 4 atom stereocenters. The average molecular weight is 385 g/mol. The van der Waals surface area contributed by atoms with E-state index in [9.17, 15) is 9.90 Å². The molecule has 2 aliphatic rings. The van der Waals surface area contributed by atoms with Gasteiger partial charge in [-0.3, -0.25) is 9.58 Å². The number of aliphatic hydroxyl groups is 1. The second-order valence-electron chi connectivity index (χ2n) is 7.92. The minimum Gasteiger partial charge on any atom is -0.487 e. The molecule has 28 heavy (non-hydrogen) atoms. The van der Waals surface area contributed by atoms with Crippen LogP contribution in [0.5, 0.6) is 5.75 Å². The molecule has 1 aliphatic carbocycles. The molecule has 2 fully saturated rings. The van der Waals surface area contributed by atoms with Gasteiger partial charge in [-0.2, -0.15) is 5.10 Å². The summed E-state index contributed by atoms with van der Waals surface area (Å²) in [6.45, 7) is 2.86. The van der Waals surface area contributed by atoms with Crippen molar-refractivity contribution in [2.45, 2.75) is 31.6 Å². The lowest BCUT2D eigenvalue weighted by Crippen LogP contribution is -2.42. The van der Waals surface area contributed by atoms with Crippen LogP contribution in [0.2, 0.25) is 0 Å². The van der Waals surface area contributed by atoms with Crippen LogP contribution in [0.25, 0.3) is 0 Å². The number of nitrogens with zero attached hydrogens (tertiary/aromatic N) is 3. The maximum absolute atomic E-state index is 12.0. The largest absolute Gasteiger partial charge is 0.487 e. The van der Waals surface area contributed by atoms with E-state index in [0.717, 1.165) is 32.5 Å². The van der Waals surface area contributed by atoms with Crippen LogP contribution in [0, 0.1) is 11.8 Å². The Morgan fingerprint density at radius 2 is 2.00 bits per heavy atom. The summed E-state index contributed by atoms with van der Waals surface area (Å²) in [4.78, 5) is 14.4. The number of ether oxygens (including phenoxy) is 2. The fraction of sp³-hybridized carbons (Fsp3) is 0.524. The Morgan fingerprint density at radius 1 is 1.25 bits per heavy atom. The number of carbonyl (C=O) groups excluding carboxylic acids is 1. The van der Waals surface area contributed by atoms with Crippen molar-refractivity contribution >= 4 is 5.97 Å². The third kappa shape index (κ3) is 3.91. The molecular formula is C21H27N3O4. The third-order valence-corrected chi connectivity index (χ3v) is 5.90. The standard InChI is InChI=1S/C21H27N3O4/c1-23-10-14(9-22-23)11-24-12-15-7-18(25)20(8-16(15)13-24)28-19-6-4-3-5-17(19)21(26)27-2/h3-6,9-10,15-16,18,20,25H,7-8,11-13H2,1-2H3/t15-,16+,18+,20+/m0/s1. The number of hydrogen-bond donors (Lipinski definition) is 1. The molecule has 0 radical (unpaired) electrons. The van der Waals surface area contributed by atoms with Gasteiger partial charge in [-0.1, -0.05) is 12.1 Å². The zero-order chi connectivity index (χ0) is 19.7. The quantitative estimate of drug-likeness (QED) is 0.792. The van der Waals surface area contributed by atoms with Gasteiger partial charge >= 0.3 is 5.97 Å². The molecule has 7 nitrogen and oxygen atoms in total. The van der Waals surface area contributed by atoms with Crippen molar-refractivity contribution in [1.29, 1.82) is 0 Å². The summed E-state index contributed by atoms with van der Waals surface area (Å²) in [5.41, 5.74) is 1.60. The summed E-state index contributed by atoms with van der Waals surface area (Å²) in [5, 5.41) is 14.9. The number of aryl methyl sites for hydroxylation is 1. The predicted octanol–water partition coefficient (Wildman–Crippen LogP) is 1.86. The summed E-state index contributed by atoms with van der Waals surface area (Å²) in [6.07, 6.45) is 4.61. The second-order valence-corrected chi connectivity index (χ2v) is 7.92. The molecule has 0 amide bonds. The second kappa shape index (κ2) is 7.93. The molecular weight excluding hydrogens is 358 g/mol. The van der Waals surface area contributed by atoms with Crippen LogP contribution in [0.3, 0.4) is 0 Å². The van der Waals surface area contributed by atoms with Gasteiger partial charge < -0.3 is 14.6 Å². The summed E-state index contributed by atoms with van der Waals surface area (Å²) < 4.78 is 12.8. The average Bonchev–Trinajstić information content (AvgIpc) is 3.27. The molecule has 1 saturated carbocycles. The van der Waals surface area contributed by atoms with E-state index in [1.165, 1.54) is 12.7 Å². The highest BCUT2D eigenvalue weighted by Crippen LogP contribution is 2.38. The number of aliphatic hydroxyl groups excluding tert-OH is 1. The van der Waals surface area contributed by atoms with Crippen molar-refractivity contribution in [3.05, 3.63) is 47.8 Å². The molecule has 0 unspecified atom stereocenters. The zero-order valence-corrected chi connectivity index (χ0v) is 16.3. The lowest BCUT2D eigenvalue weighted by atomic mass is 9.78. The highest BCUT2D eigenvalue weighted by molar-refractivity contribution is 5.92. The van der Waals surface area contributed by atoms with Crippen LogP contribution in [-0.4, -0.2) is 58.2 Å². The van der Waals surface area contributed by atoms with Gasteiger partial charge in [0.15, 0.2) is 0 Å². The van der Waals surface area contributed by atoms with Gasteiger partial charge in [-0.25, -0.2) is 4.79 Å². The number of methoxy groups -OCH3 is 1. The Balaban J connectivity index is 1.41. The first-order valence-corrected chi connectivity index (χ1v) is 9.75. The van der Waals surface area contributed by atoms with Crippen LogP contribution < -0.4 is 4.74 Å². The van der Waals surface area contributed by atoms with E-state index in [4.69, 9.17) is 9.47 Å². The van der Waals surface area contributed by atoms with Gasteiger partial charge in [0.1, 0.15) is 17.4 Å². The highest BCUT2D eigenvalue weighted by atomic mass is 16.5. The van der Waals surface area contributed by atoms with Gasteiger partial charge in [0.05, 0.1) is 19.4 Å². The van der Waals surface area contributed by atoms with E-state index in [-0.39, 0.29) is 6.10 Å². The number of likely N-dealkylation sites (tertiary alicyclic amines) is 1. The molecule has 1 aromatic heterocycles. The molecule has 0 spiro atoms. The lowest BCUT2D eigenvalue weighted by molar-refractivity contribution is -0.0237. The van der Waals surface area contributed by atoms with Crippen molar-refractivity contribution in [2.75, 3.05) is 20.2 Å². The van der Waals surface area contributed by atoms with Crippen LogP contribution in [-0.2, 0) is 18.3 Å². The lowest BCUT2D eigenvalue weighted by Gasteiger charge is -2.35. The Bertz CT molecular complexity index is 837. The van der Waals surface area contributed by atoms with E-state index in [2.05, 4.69) is 10.00 Å². The topological polar surface area (TPSA) is 76.8 Å². The van der Waals surface area contributed by atoms with Crippen molar-refractivity contribution in [3.63, 3.8) is 0 Å². The number of fused-ring (bicyclic) bond motifs is 1. The highest BCUT2D eigenvalue weighted by Gasteiger charge is 2.42. The first-order chi connectivity index (χ1) is 13.5. The molecule has 1 N–H and O–H groups in total. The minimum atomic E-state index is -0.537. The SMILES string of the molecule is COC(=O)c1ccccc1O[C@@H]1C[C@@H]2CN(Cc3cnn(C)c3)C[C@@H]2C[C@H]1O. The maximum Gasteiger partial charge on any atom is 0.341 e. The molecule has 2 aromatic rings. The first kappa shape index (κ1) is 19.0. The van der Waals surface area contributed by atoms with E-state index in [1.807, 2.05) is 30.2 Å². The van der Waals surface area contributed by atoms with Crippen molar-refractivity contribution in [1.82, 2.24) is 14.7 Å². The van der Waals surface area contributed by atoms with Crippen LogP contribution in [0.1, 0.15) is 28.8 Å². The summed E-state index contributed by atoms with van der Waals surface area (Å²) in [5.74, 6) is 1.00. The van der Waals surface area contributed by atoms with Gasteiger partial charge in [0, 0.05) is 38.4 Å². The predicted molar refractivity (Wildman–Crippen MR) is 103 cm³/mol. The number of para-hydroxylation sites is 1. The number of rotatable bonds is 5. The fourth-order valence-electron chi connectivity index (χ4n) is 4.57. The summed E-state index contributed by atoms with van der Waals surface area (Å²) >= 11 is 0. The number of benzene rings is 1. The van der Waals surface area contributed by atoms with Gasteiger partial charge in [-0.05, 0) is 36.8 Å². The van der Waals surface area contributed by atoms with Crippen LogP contribution in [0.15, 0.2) is 36.7 Å². The first-order valence-electron chi connectivity index (χ1n) is 9.75. The molecule has 1 saturated heterocycles. The Morgan fingerprint density at radius 3 is 2.71 bits per heavy atom. The minimum absolute atomic E-state index is 0.314. The zero-order valence-electron chi connectivity index (χ0n) is 16.3. The number of esters is 1. The normalized spacial score (nSPS) is 27.4. The molecule has 150 valence electrons. The fourth-order valence-corrected chi connectivity index (χ4v) is 4.57. The molecule has 7 heteroatoms. The van der Waals surface area contributed by atoms with Gasteiger partial charge in [-0.15, -0.1) is 0 Å². The Labute approximate surface area is 164 Å².